The molecule has 4 nitrogen and oxygen atoms in total. The van der Waals surface area contributed by atoms with Crippen molar-refractivity contribution in [1.29, 1.82) is 0 Å². The summed E-state index contributed by atoms with van der Waals surface area (Å²) in [5, 5.41) is 0. The molecule has 2 amide bonds. The van der Waals surface area contributed by atoms with E-state index in [1.807, 2.05) is 0 Å². The molecule has 1 unspecified atom stereocenters. The minimum Gasteiger partial charge on any atom is -0.370 e. The number of carbonyl (C=O) groups is 2. The van der Waals surface area contributed by atoms with Crippen LogP contribution < -0.4 is 11.5 Å². The average Bonchev–Trinajstić information content (AvgIpc) is 2.59. The van der Waals surface area contributed by atoms with E-state index in [-0.39, 0.29) is 41.9 Å². The summed E-state index contributed by atoms with van der Waals surface area (Å²) < 4.78 is 0. The fraction of sp³-hybridized carbons (Fsp3) is 0.909. The van der Waals surface area contributed by atoms with Gasteiger partial charge in [-0.2, -0.15) is 0 Å². The Morgan fingerprint density at radius 3 is 1.26 bits per heavy atom. The van der Waals surface area contributed by atoms with Crippen molar-refractivity contribution in [3.05, 3.63) is 0 Å². The predicted molar refractivity (Wildman–Crippen MR) is 116 cm³/mol. The van der Waals surface area contributed by atoms with Crippen LogP contribution in [0.5, 0.6) is 0 Å². The van der Waals surface area contributed by atoms with Crippen LogP contribution in [0.15, 0.2) is 0 Å². The van der Waals surface area contributed by atoms with Gasteiger partial charge in [-0.25, -0.2) is 0 Å². The van der Waals surface area contributed by atoms with Gasteiger partial charge >= 0.3 is 0 Å². The third kappa shape index (κ3) is 22.1. The number of hydrogen-bond donors (Lipinski definition) is 2. The number of carbonyl (C=O) groups excluding carboxylic acids is 2. The van der Waals surface area contributed by atoms with Crippen molar-refractivity contribution in [3.63, 3.8) is 0 Å². The van der Waals surface area contributed by atoms with E-state index in [4.69, 9.17) is 11.5 Å². The second kappa shape index (κ2) is 22.2. The van der Waals surface area contributed by atoms with Crippen LogP contribution in [0.4, 0.5) is 0 Å². The number of unbranched alkanes of at least 4 members (excludes halogenated alkanes) is 15. The summed E-state index contributed by atoms with van der Waals surface area (Å²) in [5.74, 6) is -1.21. The molecule has 27 heavy (non-hydrogen) atoms. The van der Waals surface area contributed by atoms with Crippen LogP contribution in [0.3, 0.4) is 0 Å². The van der Waals surface area contributed by atoms with E-state index in [9.17, 15) is 9.59 Å². The third-order valence-corrected chi connectivity index (χ3v) is 5.26. The summed E-state index contributed by atoms with van der Waals surface area (Å²) in [6, 6.07) is 0. The minimum absolute atomic E-state index is 0. The van der Waals surface area contributed by atoms with Crippen molar-refractivity contribution >= 4 is 41.4 Å². The van der Waals surface area contributed by atoms with Crippen molar-refractivity contribution in [1.82, 2.24) is 0 Å². The molecule has 1 radical (unpaired) electrons. The molecule has 0 aliphatic carbocycles. The molecule has 4 N–H and O–H groups in total. The molecule has 0 aromatic heterocycles. The van der Waals surface area contributed by atoms with Gasteiger partial charge in [0, 0.05) is 41.9 Å². The molecule has 0 heterocycles. The molecule has 0 rings (SSSR count). The first-order chi connectivity index (χ1) is 12.6. The quantitative estimate of drug-likeness (QED) is 0.220. The molecule has 0 aromatic rings. The van der Waals surface area contributed by atoms with E-state index in [1.165, 1.54) is 89.9 Å². The Balaban J connectivity index is 0. The Hall–Kier alpha value is -0.0600. The van der Waals surface area contributed by atoms with Gasteiger partial charge in [0.05, 0.1) is 0 Å². The maximum Gasteiger partial charge on any atom is 0.221 e. The molecule has 0 aliphatic rings. The van der Waals surface area contributed by atoms with Crippen molar-refractivity contribution < 1.29 is 9.59 Å². The first kappa shape index (κ1) is 29.1. The maximum absolute atomic E-state index is 11.2. The molecule has 1 atom stereocenters. The Kier molecular flexibility index (Phi) is 24.0. The molecule has 0 aromatic carbocycles. The van der Waals surface area contributed by atoms with Crippen molar-refractivity contribution in [2.45, 2.75) is 122 Å². The second-order valence-electron chi connectivity index (χ2n) is 7.86. The van der Waals surface area contributed by atoms with Crippen molar-refractivity contribution in [3.8, 4) is 0 Å². The standard InChI is InChI=1S/C22H44N2O2.Na/c1-2-3-4-5-6-7-8-9-10-11-12-13-14-15-16-17-18-20(22(24)26)19-21(23)25;/h20H,2-19H2,1H3,(H2,23,25)(H2,24,26);. The number of rotatable bonds is 20. The first-order valence-electron chi connectivity index (χ1n) is 11.2. The molecule has 0 spiro atoms. The van der Waals surface area contributed by atoms with E-state index >= 15 is 0 Å². The summed E-state index contributed by atoms with van der Waals surface area (Å²) in [5.41, 5.74) is 10.5. The average molecular weight is 392 g/mol. The molecule has 0 aliphatic heterocycles. The van der Waals surface area contributed by atoms with Gasteiger partial charge in [0.1, 0.15) is 0 Å². The Labute approximate surface area is 190 Å². The number of nitrogens with two attached hydrogens (primary N) is 2. The zero-order chi connectivity index (χ0) is 19.5. The number of primary amides is 2. The SMILES string of the molecule is CCCCCCCCCCCCCCCCCCC(CC(N)=O)C(N)=O.[Na]. The molecule has 0 bridgehead atoms. The molecule has 155 valence electrons. The van der Waals surface area contributed by atoms with Gasteiger partial charge < -0.3 is 11.5 Å². The van der Waals surface area contributed by atoms with E-state index < -0.39 is 11.8 Å². The summed E-state index contributed by atoms with van der Waals surface area (Å²) in [4.78, 5) is 22.1. The van der Waals surface area contributed by atoms with Crippen molar-refractivity contribution in [2.75, 3.05) is 0 Å². The van der Waals surface area contributed by atoms with E-state index in [0.29, 0.717) is 6.42 Å². The zero-order valence-electron chi connectivity index (χ0n) is 18.3. The Bertz CT molecular complexity index is 351. The van der Waals surface area contributed by atoms with Crippen LogP contribution in [-0.4, -0.2) is 41.4 Å². The normalized spacial score (nSPS) is 11.7. The molecular formula is C22H44N2NaO2. The fourth-order valence-electron chi connectivity index (χ4n) is 3.53. The summed E-state index contributed by atoms with van der Waals surface area (Å²) >= 11 is 0. The molecular weight excluding hydrogens is 347 g/mol. The summed E-state index contributed by atoms with van der Waals surface area (Å²) in [6.07, 6.45) is 22.0. The predicted octanol–water partition coefficient (Wildman–Crippen LogP) is 5.23. The maximum atomic E-state index is 11.2. The monoisotopic (exact) mass is 391 g/mol. The van der Waals surface area contributed by atoms with Crippen LogP contribution in [-0.2, 0) is 9.59 Å². The summed E-state index contributed by atoms with van der Waals surface area (Å²) in [7, 11) is 0. The van der Waals surface area contributed by atoms with Crippen LogP contribution in [0, 0.1) is 5.92 Å². The van der Waals surface area contributed by atoms with E-state index in [0.717, 1.165) is 12.8 Å². The van der Waals surface area contributed by atoms with Gasteiger partial charge in [0.25, 0.3) is 0 Å². The fourth-order valence-corrected chi connectivity index (χ4v) is 3.53. The topological polar surface area (TPSA) is 86.2 Å². The Morgan fingerprint density at radius 1 is 0.630 bits per heavy atom. The largest absolute Gasteiger partial charge is 0.370 e. The van der Waals surface area contributed by atoms with Gasteiger partial charge in [0.15, 0.2) is 0 Å². The van der Waals surface area contributed by atoms with E-state index in [1.54, 1.807) is 0 Å². The molecule has 0 saturated carbocycles. The number of hydrogen-bond acceptors (Lipinski definition) is 2. The van der Waals surface area contributed by atoms with Gasteiger partial charge in [-0.05, 0) is 6.42 Å². The van der Waals surface area contributed by atoms with Gasteiger partial charge in [0.2, 0.25) is 11.8 Å². The van der Waals surface area contributed by atoms with Gasteiger partial charge in [-0.15, -0.1) is 0 Å². The first-order valence-corrected chi connectivity index (χ1v) is 11.2. The molecule has 5 heteroatoms. The van der Waals surface area contributed by atoms with Crippen molar-refractivity contribution in [2.24, 2.45) is 17.4 Å². The Morgan fingerprint density at radius 2 is 0.963 bits per heavy atom. The van der Waals surface area contributed by atoms with Gasteiger partial charge in [-0.3, -0.25) is 9.59 Å². The van der Waals surface area contributed by atoms with E-state index in [2.05, 4.69) is 6.92 Å². The van der Waals surface area contributed by atoms with Crippen LogP contribution >= 0.6 is 0 Å². The van der Waals surface area contributed by atoms with Crippen LogP contribution in [0.2, 0.25) is 0 Å². The molecule has 0 saturated heterocycles. The summed E-state index contributed by atoms with van der Waals surface area (Å²) in [6.45, 7) is 2.27. The number of amides is 2. The smallest absolute Gasteiger partial charge is 0.221 e. The van der Waals surface area contributed by atoms with Gasteiger partial charge in [-0.1, -0.05) is 110 Å². The second-order valence-corrected chi connectivity index (χ2v) is 7.86. The minimum atomic E-state index is -0.440. The van der Waals surface area contributed by atoms with Crippen LogP contribution in [0.25, 0.3) is 0 Å². The van der Waals surface area contributed by atoms with Crippen LogP contribution in [0.1, 0.15) is 122 Å². The molecule has 0 fully saturated rings. The third-order valence-electron chi connectivity index (χ3n) is 5.26. The zero-order valence-corrected chi connectivity index (χ0v) is 20.3.